The molecule has 4 aromatic heterocycles. The standard InChI is InChI=1S/C46H32N6/c1-3-14-31(15-4-1)28-33-18-11-26-41-43(33)47-45-49(37-22-7-9-24-39(37)51(41)45)35-20-13-21-36(30-35)50-38-23-8-10-25-40(38)52-42-27-12-19-34(44(42)48-46(50)52)29-32-16-5-2-6-17-32/h1-27,30H,28-29H2. The number of aromatic nitrogens is 6. The van der Waals surface area contributed by atoms with E-state index in [1.165, 1.54) is 22.3 Å². The van der Waals surface area contributed by atoms with Gasteiger partial charge in [-0.3, -0.25) is 17.9 Å². The zero-order valence-electron chi connectivity index (χ0n) is 28.3. The summed E-state index contributed by atoms with van der Waals surface area (Å²) >= 11 is 0. The van der Waals surface area contributed by atoms with E-state index in [2.05, 4.69) is 188 Å². The minimum absolute atomic E-state index is 0.828. The molecule has 4 heterocycles. The maximum atomic E-state index is 5.39. The minimum atomic E-state index is 0.828. The van der Waals surface area contributed by atoms with Crippen molar-refractivity contribution in [2.24, 2.45) is 0 Å². The monoisotopic (exact) mass is 668 g/mol. The number of hydrogen-bond donors (Lipinski definition) is 0. The van der Waals surface area contributed by atoms with Gasteiger partial charge >= 0.3 is 0 Å². The van der Waals surface area contributed by atoms with Crippen molar-refractivity contribution in [3.05, 3.63) is 192 Å². The van der Waals surface area contributed by atoms with Crippen molar-refractivity contribution in [2.45, 2.75) is 12.8 Å². The van der Waals surface area contributed by atoms with Gasteiger partial charge in [-0.2, -0.15) is 0 Å². The van der Waals surface area contributed by atoms with Crippen LogP contribution in [0.3, 0.4) is 0 Å². The summed E-state index contributed by atoms with van der Waals surface area (Å²) in [6.45, 7) is 0. The Bertz CT molecular complexity index is 2910. The first-order chi connectivity index (χ1) is 25.8. The number of para-hydroxylation sites is 6. The summed E-state index contributed by atoms with van der Waals surface area (Å²) in [6.07, 6.45) is 1.66. The molecule has 6 heteroatoms. The molecule has 6 nitrogen and oxygen atoms in total. The Morgan fingerprint density at radius 1 is 0.346 bits per heavy atom. The van der Waals surface area contributed by atoms with Crippen LogP contribution in [-0.2, 0) is 12.8 Å². The maximum Gasteiger partial charge on any atom is 0.220 e. The third-order valence-corrected chi connectivity index (χ3v) is 10.4. The van der Waals surface area contributed by atoms with Crippen LogP contribution >= 0.6 is 0 Å². The van der Waals surface area contributed by atoms with Crippen LogP contribution in [0.25, 0.3) is 67.1 Å². The van der Waals surface area contributed by atoms with E-state index in [-0.39, 0.29) is 0 Å². The molecule has 246 valence electrons. The Hall–Kier alpha value is -6.92. The molecule has 11 rings (SSSR count). The zero-order chi connectivity index (χ0) is 34.2. The Kier molecular flexibility index (Phi) is 6.28. The summed E-state index contributed by atoms with van der Waals surface area (Å²) < 4.78 is 9.22. The predicted molar refractivity (Wildman–Crippen MR) is 211 cm³/mol. The average molecular weight is 669 g/mol. The minimum Gasteiger partial charge on any atom is -0.278 e. The van der Waals surface area contributed by atoms with Crippen LogP contribution in [0.1, 0.15) is 22.3 Å². The predicted octanol–water partition coefficient (Wildman–Crippen LogP) is 10.4. The van der Waals surface area contributed by atoms with E-state index < -0.39 is 0 Å². The number of fused-ring (bicyclic) bond motifs is 10. The Balaban J connectivity index is 1.12. The lowest BCUT2D eigenvalue weighted by molar-refractivity contribution is 1.07. The van der Waals surface area contributed by atoms with Crippen LogP contribution in [0.4, 0.5) is 0 Å². The van der Waals surface area contributed by atoms with Crippen LogP contribution in [-0.4, -0.2) is 27.9 Å². The molecule has 0 aliphatic rings. The van der Waals surface area contributed by atoms with Crippen molar-refractivity contribution >= 4 is 55.7 Å². The van der Waals surface area contributed by atoms with Crippen molar-refractivity contribution in [3.8, 4) is 11.4 Å². The van der Waals surface area contributed by atoms with E-state index in [1.807, 2.05) is 0 Å². The molecular weight excluding hydrogens is 637 g/mol. The van der Waals surface area contributed by atoms with Gasteiger partial charge in [0.1, 0.15) is 0 Å². The maximum absolute atomic E-state index is 5.39. The molecule has 0 amide bonds. The van der Waals surface area contributed by atoms with E-state index in [1.54, 1.807) is 0 Å². The van der Waals surface area contributed by atoms with Gasteiger partial charge in [-0.05, 0) is 89.7 Å². The molecule has 0 radical (unpaired) electrons. The van der Waals surface area contributed by atoms with E-state index in [4.69, 9.17) is 9.97 Å². The van der Waals surface area contributed by atoms with Crippen molar-refractivity contribution < 1.29 is 0 Å². The summed E-state index contributed by atoms with van der Waals surface area (Å²) in [5.74, 6) is 1.79. The van der Waals surface area contributed by atoms with Gasteiger partial charge in [0.05, 0.1) is 55.5 Å². The average Bonchev–Trinajstić information content (AvgIpc) is 3.93. The highest BCUT2D eigenvalue weighted by Gasteiger charge is 2.21. The molecule has 0 fully saturated rings. The smallest absolute Gasteiger partial charge is 0.220 e. The molecule has 0 unspecified atom stereocenters. The van der Waals surface area contributed by atoms with Crippen LogP contribution in [0, 0.1) is 0 Å². The molecule has 0 aliphatic carbocycles. The molecule has 0 saturated carbocycles. The highest BCUT2D eigenvalue weighted by molar-refractivity contribution is 5.95. The summed E-state index contributed by atoms with van der Waals surface area (Å²) in [5, 5.41) is 0. The topological polar surface area (TPSA) is 44.5 Å². The lowest BCUT2D eigenvalue weighted by atomic mass is 10.0. The summed E-state index contributed by atoms with van der Waals surface area (Å²) in [4.78, 5) is 10.8. The Labute approximate surface area is 299 Å². The molecule has 0 N–H and O–H groups in total. The third-order valence-electron chi connectivity index (χ3n) is 10.4. The fourth-order valence-electron chi connectivity index (χ4n) is 8.16. The molecule has 0 saturated heterocycles. The summed E-state index contributed by atoms with van der Waals surface area (Å²) in [5.41, 5.74) is 15.8. The van der Waals surface area contributed by atoms with Crippen LogP contribution in [0.5, 0.6) is 0 Å². The van der Waals surface area contributed by atoms with Gasteiger partial charge < -0.3 is 0 Å². The third kappa shape index (κ3) is 4.31. The quantitative estimate of drug-likeness (QED) is 0.177. The molecule has 7 aromatic carbocycles. The lowest BCUT2D eigenvalue weighted by Gasteiger charge is -2.10. The number of nitrogens with zero attached hydrogens (tertiary/aromatic N) is 6. The van der Waals surface area contributed by atoms with Crippen molar-refractivity contribution in [1.82, 2.24) is 27.9 Å². The first-order valence-corrected chi connectivity index (χ1v) is 17.8. The number of rotatable bonds is 6. The second-order valence-electron chi connectivity index (χ2n) is 13.6. The van der Waals surface area contributed by atoms with Gasteiger partial charge in [0.2, 0.25) is 11.6 Å². The van der Waals surface area contributed by atoms with E-state index in [9.17, 15) is 0 Å². The fraction of sp³-hybridized carbons (Fsp3) is 0.0435. The normalized spacial score (nSPS) is 12.0. The Morgan fingerprint density at radius 2 is 0.731 bits per heavy atom. The molecule has 0 atom stereocenters. The molecule has 0 aliphatic heterocycles. The van der Waals surface area contributed by atoms with Gasteiger partial charge in [0, 0.05) is 0 Å². The second kappa shape index (κ2) is 11.3. The second-order valence-corrected chi connectivity index (χ2v) is 13.6. The van der Waals surface area contributed by atoms with Gasteiger partial charge in [-0.15, -0.1) is 0 Å². The lowest BCUT2D eigenvalue weighted by Crippen LogP contribution is -2.00. The summed E-state index contributed by atoms with van der Waals surface area (Å²) in [7, 11) is 0. The number of hydrogen-bond acceptors (Lipinski definition) is 2. The van der Waals surface area contributed by atoms with Gasteiger partial charge in [-0.1, -0.05) is 115 Å². The first kappa shape index (κ1) is 28.9. The highest BCUT2D eigenvalue weighted by Crippen LogP contribution is 2.34. The number of imidazole rings is 4. The zero-order valence-corrected chi connectivity index (χ0v) is 28.3. The fourth-order valence-corrected chi connectivity index (χ4v) is 8.16. The SMILES string of the molecule is c1ccc(Cc2cccc3c2nc2n(-c4cccc(-n5c6ccccc6n6c7cccc(Cc8ccccc8)c7nc56)c4)c4ccccc4n32)cc1. The first-order valence-electron chi connectivity index (χ1n) is 17.8. The van der Waals surface area contributed by atoms with Crippen LogP contribution in [0.15, 0.2) is 170 Å². The van der Waals surface area contributed by atoms with E-state index in [0.717, 1.165) is 79.9 Å². The number of benzene rings is 7. The van der Waals surface area contributed by atoms with Crippen molar-refractivity contribution in [3.63, 3.8) is 0 Å². The molecule has 0 bridgehead atoms. The summed E-state index contributed by atoms with van der Waals surface area (Å²) in [6, 6.07) is 60.4. The molecule has 52 heavy (non-hydrogen) atoms. The van der Waals surface area contributed by atoms with Gasteiger partial charge in [0.25, 0.3) is 0 Å². The molecular formula is C46H32N6. The van der Waals surface area contributed by atoms with Gasteiger partial charge in [-0.25, -0.2) is 9.97 Å². The van der Waals surface area contributed by atoms with E-state index >= 15 is 0 Å². The molecule has 11 aromatic rings. The molecule has 0 spiro atoms. The van der Waals surface area contributed by atoms with Crippen molar-refractivity contribution in [2.75, 3.05) is 0 Å². The van der Waals surface area contributed by atoms with Crippen molar-refractivity contribution in [1.29, 1.82) is 0 Å². The highest BCUT2D eigenvalue weighted by atomic mass is 15.2. The van der Waals surface area contributed by atoms with Crippen LogP contribution in [0.2, 0.25) is 0 Å². The van der Waals surface area contributed by atoms with Crippen LogP contribution < -0.4 is 0 Å². The van der Waals surface area contributed by atoms with E-state index in [0.29, 0.717) is 0 Å². The largest absolute Gasteiger partial charge is 0.278 e. The Morgan fingerprint density at radius 3 is 1.19 bits per heavy atom. The van der Waals surface area contributed by atoms with Gasteiger partial charge in [0.15, 0.2) is 0 Å².